The number of carbonyl (C=O) groups is 1. The molecule has 0 atom stereocenters. The predicted molar refractivity (Wildman–Crippen MR) is 111 cm³/mol. The van der Waals surface area contributed by atoms with Crippen molar-refractivity contribution in [3.8, 4) is 0 Å². The zero-order chi connectivity index (χ0) is 18.8. The van der Waals surface area contributed by atoms with Gasteiger partial charge in [-0.1, -0.05) is 30.3 Å². The number of anilines is 2. The summed E-state index contributed by atoms with van der Waals surface area (Å²) < 4.78 is 0. The molecule has 0 radical (unpaired) electrons. The molecule has 0 aliphatic heterocycles. The molecule has 140 valence electrons. The van der Waals surface area contributed by atoms with Gasteiger partial charge in [-0.25, -0.2) is 0 Å². The summed E-state index contributed by atoms with van der Waals surface area (Å²) in [6.45, 7) is 9.78. The van der Waals surface area contributed by atoms with Crippen molar-refractivity contribution in [2.24, 2.45) is 0 Å². The molecule has 0 saturated carbocycles. The lowest BCUT2D eigenvalue weighted by atomic mass is 10.1. The van der Waals surface area contributed by atoms with Gasteiger partial charge < -0.3 is 15.5 Å². The van der Waals surface area contributed by atoms with E-state index in [1.165, 1.54) is 16.8 Å². The SMILES string of the molecule is CCN(CC)c1ccc(NCCC(=O)NCCc2ccccc2)c(C)c1. The van der Waals surface area contributed by atoms with Crippen LogP contribution in [0.3, 0.4) is 0 Å². The Hall–Kier alpha value is -2.49. The van der Waals surface area contributed by atoms with Gasteiger partial charge in [0.05, 0.1) is 0 Å². The van der Waals surface area contributed by atoms with E-state index >= 15 is 0 Å². The van der Waals surface area contributed by atoms with Gasteiger partial charge in [-0.2, -0.15) is 0 Å². The third-order valence-electron chi connectivity index (χ3n) is 4.58. The summed E-state index contributed by atoms with van der Waals surface area (Å²) in [5.41, 5.74) is 4.79. The molecule has 0 fully saturated rings. The van der Waals surface area contributed by atoms with Gasteiger partial charge in [-0.05, 0) is 56.5 Å². The molecule has 0 heterocycles. The van der Waals surface area contributed by atoms with Crippen LogP contribution in [0.25, 0.3) is 0 Å². The first-order valence-electron chi connectivity index (χ1n) is 9.54. The van der Waals surface area contributed by atoms with Crippen LogP contribution in [0.4, 0.5) is 11.4 Å². The molecule has 4 heteroatoms. The first kappa shape index (κ1) is 19.8. The molecule has 1 amide bonds. The maximum Gasteiger partial charge on any atom is 0.221 e. The number of aryl methyl sites for hydroxylation is 1. The van der Waals surface area contributed by atoms with E-state index in [1.807, 2.05) is 18.2 Å². The smallest absolute Gasteiger partial charge is 0.221 e. The summed E-state index contributed by atoms with van der Waals surface area (Å²) in [5.74, 6) is 0.0887. The first-order chi connectivity index (χ1) is 12.6. The quantitative estimate of drug-likeness (QED) is 0.678. The van der Waals surface area contributed by atoms with Gasteiger partial charge in [-0.3, -0.25) is 4.79 Å². The topological polar surface area (TPSA) is 44.4 Å². The maximum atomic E-state index is 12.0. The summed E-state index contributed by atoms with van der Waals surface area (Å²) >= 11 is 0. The van der Waals surface area contributed by atoms with Gasteiger partial charge in [0.15, 0.2) is 0 Å². The largest absolute Gasteiger partial charge is 0.384 e. The van der Waals surface area contributed by atoms with Gasteiger partial charge in [-0.15, -0.1) is 0 Å². The van der Waals surface area contributed by atoms with Gasteiger partial charge in [0.2, 0.25) is 5.91 Å². The Morgan fingerprint density at radius 2 is 1.73 bits per heavy atom. The summed E-state index contributed by atoms with van der Waals surface area (Å²) in [5, 5.41) is 6.36. The third-order valence-corrected chi connectivity index (χ3v) is 4.58. The fraction of sp³-hybridized carbons (Fsp3) is 0.409. The standard InChI is InChI=1S/C22H31N3O/c1-4-25(5-2)20-11-12-21(18(3)17-20)23-16-14-22(26)24-15-13-19-9-7-6-8-10-19/h6-12,17,23H,4-5,13-16H2,1-3H3,(H,24,26). The van der Waals surface area contributed by atoms with E-state index in [2.05, 4.69) is 66.6 Å². The number of rotatable bonds is 10. The normalized spacial score (nSPS) is 10.4. The third kappa shape index (κ3) is 6.10. The fourth-order valence-electron chi connectivity index (χ4n) is 3.02. The van der Waals surface area contributed by atoms with Gasteiger partial charge in [0, 0.05) is 44.0 Å². The second kappa shape index (κ2) is 10.5. The molecule has 0 bridgehead atoms. The second-order valence-corrected chi connectivity index (χ2v) is 6.43. The molecule has 2 aromatic rings. The number of carbonyl (C=O) groups excluding carboxylic acids is 1. The van der Waals surface area contributed by atoms with E-state index in [0.29, 0.717) is 19.5 Å². The highest BCUT2D eigenvalue weighted by atomic mass is 16.1. The van der Waals surface area contributed by atoms with Crippen LogP contribution in [0.1, 0.15) is 31.4 Å². The molecule has 0 aliphatic carbocycles. The first-order valence-corrected chi connectivity index (χ1v) is 9.54. The molecule has 0 unspecified atom stereocenters. The zero-order valence-electron chi connectivity index (χ0n) is 16.2. The van der Waals surface area contributed by atoms with Crippen molar-refractivity contribution in [3.05, 3.63) is 59.7 Å². The lowest BCUT2D eigenvalue weighted by Gasteiger charge is -2.22. The number of benzene rings is 2. The van der Waals surface area contributed by atoms with Crippen LogP contribution < -0.4 is 15.5 Å². The Kier molecular flexibility index (Phi) is 8.00. The number of amides is 1. The fourth-order valence-corrected chi connectivity index (χ4v) is 3.02. The Morgan fingerprint density at radius 1 is 1.00 bits per heavy atom. The van der Waals surface area contributed by atoms with Crippen molar-refractivity contribution in [2.75, 3.05) is 36.4 Å². The highest BCUT2D eigenvalue weighted by Crippen LogP contribution is 2.22. The van der Waals surface area contributed by atoms with Gasteiger partial charge in [0.1, 0.15) is 0 Å². The van der Waals surface area contributed by atoms with Crippen LogP contribution in [-0.4, -0.2) is 32.1 Å². The van der Waals surface area contributed by atoms with E-state index < -0.39 is 0 Å². The summed E-state index contributed by atoms with van der Waals surface area (Å²) in [4.78, 5) is 14.3. The minimum atomic E-state index is 0.0887. The summed E-state index contributed by atoms with van der Waals surface area (Å²) in [6.07, 6.45) is 1.35. The van der Waals surface area contributed by atoms with Crippen LogP contribution in [0.15, 0.2) is 48.5 Å². The average molecular weight is 354 g/mol. The van der Waals surface area contributed by atoms with Crippen LogP contribution in [0, 0.1) is 6.92 Å². The van der Waals surface area contributed by atoms with E-state index in [1.54, 1.807) is 0 Å². The number of hydrogen-bond acceptors (Lipinski definition) is 3. The van der Waals surface area contributed by atoms with Crippen LogP contribution in [-0.2, 0) is 11.2 Å². The number of nitrogens with zero attached hydrogens (tertiary/aromatic N) is 1. The van der Waals surface area contributed by atoms with E-state index in [0.717, 1.165) is 25.2 Å². The van der Waals surface area contributed by atoms with Crippen molar-refractivity contribution in [1.29, 1.82) is 0 Å². The van der Waals surface area contributed by atoms with Crippen molar-refractivity contribution in [2.45, 2.75) is 33.6 Å². The highest BCUT2D eigenvalue weighted by Gasteiger charge is 2.06. The van der Waals surface area contributed by atoms with E-state index in [9.17, 15) is 4.79 Å². The Labute approximate surface area is 157 Å². The Morgan fingerprint density at radius 3 is 2.38 bits per heavy atom. The van der Waals surface area contributed by atoms with Crippen LogP contribution in [0.5, 0.6) is 0 Å². The molecular weight excluding hydrogens is 322 g/mol. The molecule has 0 aliphatic rings. The van der Waals surface area contributed by atoms with E-state index in [4.69, 9.17) is 0 Å². The van der Waals surface area contributed by atoms with Gasteiger partial charge >= 0.3 is 0 Å². The molecule has 0 aromatic heterocycles. The molecule has 2 rings (SSSR count). The Bertz CT molecular complexity index is 681. The Balaban J connectivity index is 1.72. The van der Waals surface area contributed by atoms with E-state index in [-0.39, 0.29) is 5.91 Å². The maximum absolute atomic E-state index is 12.0. The van der Waals surface area contributed by atoms with Crippen molar-refractivity contribution in [3.63, 3.8) is 0 Å². The molecule has 4 nitrogen and oxygen atoms in total. The van der Waals surface area contributed by atoms with Crippen LogP contribution in [0.2, 0.25) is 0 Å². The zero-order valence-corrected chi connectivity index (χ0v) is 16.2. The molecule has 0 saturated heterocycles. The average Bonchev–Trinajstić information content (AvgIpc) is 2.65. The van der Waals surface area contributed by atoms with Crippen molar-refractivity contribution >= 4 is 17.3 Å². The molecular formula is C22H31N3O. The number of nitrogens with one attached hydrogen (secondary N) is 2. The lowest BCUT2D eigenvalue weighted by molar-refractivity contribution is -0.120. The minimum Gasteiger partial charge on any atom is -0.384 e. The predicted octanol–water partition coefficient (Wildman–Crippen LogP) is 4.00. The summed E-state index contributed by atoms with van der Waals surface area (Å²) in [6, 6.07) is 16.7. The van der Waals surface area contributed by atoms with Crippen LogP contribution >= 0.6 is 0 Å². The second-order valence-electron chi connectivity index (χ2n) is 6.43. The summed E-state index contributed by atoms with van der Waals surface area (Å²) in [7, 11) is 0. The number of hydrogen-bond donors (Lipinski definition) is 2. The monoisotopic (exact) mass is 353 g/mol. The van der Waals surface area contributed by atoms with Crippen molar-refractivity contribution < 1.29 is 4.79 Å². The minimum absolute atomic E-state index is 0.0887. The molecule has 0 spiro atoms. The highest BCUT2D eigenvalue weighted by molar-refractivity contribution is 5.76. The molecule has 2 N–H and O–H groups in total. The molecule has 2 aromatic carbocycles. The molecule has 26 heavy (non-hydrogen) atoms. The van der Waals surface area contributed by atoms with Crippen molar-refractivity contribution in [1.82, 2.24) is 5.32 Å². The van der Waals surface area contributed by atoms with Gasteiger partial charge in [0.25, 0.3) is 0 Å². The lowest BCUT2D eigenvalue weighted by Crippen LogP contribution is -2.27.